The van der Waals surface area contributed by atoms with Crippen LogP contribution < -0.4 is 5.32 Å². The Bertz CT molecular complexity index is 1270. The number of aryl methyl sites for hydroxylation is 1. The highest BCUT2D eigenvalue weighted by Crippen LogP contribution is 2.40. The van der Waals surface area contributed by atoms with E-state index in [4.69, 9.17) is 4.18 Å². The van der Waals surface area contributed by atoms with Gasteiger partial charge in [0.15, 0.2) is 0 Å². The summed E-state index contributed by atoms with van der Waals surface area (Å²) >= 11 is 0. The van der Waals surface area contributed by atoms with Crippen LogP contribution in [0.15, 0.2) is 36.7 Å². The Morgan fingerprint density at radius 2 is 1.83 bits per heavy atom. The van der Waals surface area contributed by atoms with Gasteiger partial charge in [-0.25, -0.2) is 14.0 Å². The van der Waals surface area contributed by atoms with Crippen LogP contribution in [0, 0.1) is 12.7 Å². The number of hydrogen-bond acceptors (Lipinski definition) is 7. The van der Waals surface area contributed by atoms with Gasteiger partial charge in [0.25, 0.3) is 0 Å². The van der Waals surface area contributed by atoms with Gasteiger partial charge >= 0.3 is 28.3 Å². The summed E-state index contributed by atoms with van der Waals surface area (Å²) in [4.78, 5) is 29.0. The number of fused-ring (bicyclic) bond motifs is 2. The van der Waals surface area contributed by atoms with E-state index >= 15 is 0 Å². The van der Waals surface area contributed by atoms with Gasteiger partial charge in [0.05, 0.1) is 12.3 Å². The highest BCUT2D eigenvalue weighted by Gasteiger charge is 2.49. The van der Waals surface area contributed by atoms with Crippen LogP contribution in [0.4, 0.5) is 28.0 Å². The second kappa shape index (κ2) is 9.65. The third-order valence-corrected chi connectivity index (χ3v) is 6.96. The maximum atomic E-state index is 13.6. The molecule has 36 heavy (non-hydrogen) atoms. The number of carbonyl (C=O) groups excluding carboxylic acids is 2. The standard InChI is InChI=1S/C22H21F4N3O6S/c1-12-2-3-15(5-19(12)13-4-14(23)10-27-9-13)28-21(31)29-16-6-17(29)8-18(7-16)35-36(32,33)11-34-20(30)22(24,25)26/h2-5,9-10,16-18H,6-8,11H2,1H3,(H,28,31). The van der Waals surface area contributed by atoms with Crippen molar-refractivity contribution in [2.24, 2.45) is 0 Å². The normalized spacial score (nSPS) is 21.5. The molecule has 2 saturated heterocycles. The minimum atomic E-state index is -5.32. The summed E-state index contributed by atoms with van der Waals surface area (Å²) in [5.41, 5.74) is 2.56. The number of nitrogens with one attached hydrogen (secondary N) is 1. The molecule has 14 heteroatoms. The van der Waals surface area contributed by atoms with E-state index in [9.17, 15) is 35.6 Å². The predicted octanol–water partition coefficient (Wildman–Crippen LogP) is 3.74. The molecule has 1 N–H and O–H groups in total. The number of alkyl halides is 3. The minimum Gasteiger partial charge on any atom is -0.440 e. The number of urea groups is 1. The van der Waals surface area contributed by atoms with Crippen LogP contribution in [0.1, 0.15) is 24.8 Å². The molecule has 1 aromatic heterocycles. The number of ether oxygens (including phenoxy) is 1. The molecule has 9 nitrogen and oxygen atoms in total. The number of anilines is 1. The topological polar surface area (TPSA) is 115 Å². The van der Waals surface area contributed by atoms with Crippen LogP contribution in [0.25, 0.3) is 11.1 Å². The lowest BCUT2D eigenvalue weighted by Gasteiger charge is -2.54. The smallest absolute Gasteiger partial charge is 0.440 e. The van der Waals surface area contributed by atoms with Crippen LogP contribution in [-0.2, 0) is 23.8 Å². The summed E-state index contributed by atoms with van der Waals surface area (Å²) in [6.45, 7) is 1.84. The lowest BCUT2D eigenvalue weighted by atomic mass is 9.78. The van der Waals surface area contributed by atoms with Gasteiger partial charge in [-0.1, -0.05) is 6.07 Å². The van der Waals surface area contributed by atoms with E-state index in [1.165, 1.54) is 12.3 Å². The van der Waals surface area contributed by atoms with Crippen molar-refractivity contribution in [1.29, 1.82) is 0 Å². The van der Waals surface area contributed by atoms with Crippen molar-refractivity contribution >= 4 is 27.8 Å². The van der Waals surface area contributed by atoms with Gasteiger partial charge in [-0.15, -0.1) is 0 Å². The Balaban J connectivity index is 1.34. The van der Waals surface area contributed by atoms with E-state index in [-0.39, 0.29) is 24.9 Å². The van der Waals surface area contributed by atoms with Crippen LogP contribution in [-0.4, -0.2) is 60.6 Å². The van der Waals surface area contributed by atoms with Gasteiger partial charge in [0, 0.05) is 29.5 Å². The Morgan fingerprint density at radius 3 is 2.47 bits per heavy atom. The number of pyridine rings is 1. The number of aromatic nitrogens is 1. The van der Waals surface area contributed by atoms with E-state index < -0.39 is 46.2 Å². The maximum Gasteiger partial charge on any atom is 0.490 e. The van der Waals surface area contributed by atoms with E-state index in [0.717, 1.165) is 11.8 Å². The second-order valence-electron chi connectivity index (χ2n) is 8.60. The molecule has 2 aromatic rings. The molecule has 2 bridgehead atoms. The quantitative estimate of drug-likeness (QED) is 0.343. The fourth-order valence-corrected chi connectivity index (χ4v) is 5.31. The first kappa shape index (κ1) is 25.8. The first-order chi connectivity index (χ1) is 16.8. The molecule has 2 atom stereocenters. The zero-order chi connectivity index (χ0) is 26.3. The number of halogens is 4. The highest BCUT2D eigenvalue weighted by molar-refractivity contribution is 7.86. The summed E-state index contributed by atoms with van der Waals surface area (Å²) in [6, 6.07) is 5.41. The second-order valence-corrected chi connectivity index (χ2v) is 10.1. The summed E-state index contributed by atoms with van der Waals surface area (Å²) in [7, 11) is -4.56. The van der Waals surface area contributed by atoms with Crippen LogP contribution in [0.2, 0.25) is 0 Å². The number of hydrogen-bond donors (Lipinski definition) is 1. The Kier molecular flexibility index (Phi) is 6.92. The number of rotatable bonds is 6. The number of amides is 2. The number of esters is 1. The molecule has 2 unspecified atom stereocenters. The van der Waals surface area contributed by atoms with Crippen molar-refractivity contribution in [1.82, 2.24) is 9.88 Å². The third kappa shape index (κ3) is 5.75. The average molecular weight is 531 g/mol. The molecule has 1 aromatic carbocycles. The predicted molar refractivity (Wildman–Crippen MR) is 117 cm³/mol. The van der Waals surface area contributed by atoms with Crippen molar-refractivity contribution < 1.29 is 44.5 Å². The van der Waals surface area contributed by atoms with Gasteiger partial charge in [-0.3, -0.25) is 9.17 Å². The van der Waals surface area contributed by atoms with Gasteiger partial charge in [-0.2, -0.15) is 21.6 Å². The van der Waals surface area contributed by atoms with E-state index in [1.54, 1.807) is 23.1 Å². The van der Waals surface area contributed by atoms with Crippen molar-refractivity contribution in [3.63, 3.8) is 0 Å². The lowest BCUT2D eigenvalue weighted by molar-refractivity contribution is -0.197. The molecular formula is C22H21F4N3O6S. The number of carbonyl (C=O) groups is 2. The summed E-state index contributed by atoms with van der Waals surface area (Å²) in [5.74, 6) is -4.68. The van der Waals surface area contributed by atoms with Crippen molar-refractivity contribution in [3.05, 3.63) is 48.0 Å². The summed E-state index contributed by atoms with van der Waals surface area (Å²) < 4.78 is 82.7. The molecule has 0 saturated carbocycles. The van der Waals surface area contributed by atoms with E-state index in [2.05, 4.69) is 15.0 Å². The van der Waals surface area contributed by atoms with Crippen molar-refractivity contribution in [2.45, 2.75) is 50.6 Å². The summed E-state index contributed by atoms with van der Waals surface area (Å²) in [6.07, 6.45) is -2.68. The minimum absolute atomic E-state index is 0.143. The zero-order valence-electron chi connectivity index (χ0n) is 18.8. The molecule has 0 radical (unpaired) electrons. The SMILES string of the molecule is Cc1ccc(NC(=O)N2C3CC(OS(=O)(=O)COC(=O)C(F)(F)F)CC2C3)cc1-c1cncc(F)c1. The molecule has 2 aliphatic rings. The van der Waals surface area contributed by atoms with Crippen molar-refractivity contribution in [2.75, 3.05) is 11.3 Å². The van der Waals surface area contributed by atoms with E-state index in [1.807, 2.05) is 6.92 Å². The van der Waals surface area contributed by atoms with E-state index in [0.29, 0.717) is 23.2 Å². The molecule has 2 fully saturated rings. The molecule has 194 valence electrons. The van der Waals surface area contributed by atoms with Gasteiger partial charge in [-0.05, 0) is 55.5 Å². The molecule has 0 spiro atoms. The highest BCUT2D eigenvalue weighted by atomic mass is 32.2. The fourth-order valence-electron chi connectivity index (χ4n) is 4.43. The fraction of sp³-hybridized carbons (Fsp3) is 0.409. The molecule has 3 heterocycles. The first-order valence-corrected chi connectivity index (χ1v) is 12.4. The molecule has 2 aliphatic heterocycles. The largest absolute Gasteiger partial charge is 0.490 e. The molecular weight excluding hydrogens is 510 g/mol. The molecule has 0 aliphatic carbocycles. The van der Waals surface area contributed by atoms with Crippen LogP contribution >= 0.6 is 0 Å². The average Bonchev–Trinajstić information content (AvgIpc) is 2.77. The van der Waals surface area contributed by atoms with Gasteiger partial charge in [0.1, 0.15) is 5.82 Å². The molecule has 4 rings (SSSR count). The monoisotopic (exact) mass is 531 g/mol. The van der Waals surface area contributed by atoms with Gasteiger partial charge in [0.2, 0.25) is 5.94 Å². The number of piperidine rings is 1. The summed E-state index contributed by atoms with van der Waals surface area (Å²) in [5, 5.41) is 2.78. The number of benzene rings is 1. The Morgan fingerprint density at radius 1 is 1.14 bits per heavy atom. The zero-order valence-corrected chi connectivity index (χ0v) is 19.6. The Hall–Kier alpha value is -3.26. The molecule has 2 amide bonds. The maximum absolute atomic E-state index is 13.6. The number of nitrogens with zero attached hydrogens (tertiary/aromatic N) is 2. The lowest BCUT2D eigenvalue weighted by Crippen LogP contribution is -2.65. The third-order valence-electron chi connectivity index (χ3n) is 5.99. The Labute approximate surface area is 203 Å². The first-order valence-electron chi connectivity index (χ1n) is 10.8. The van der Waals surface area contributed by atoms with Gasteiger partial charge < -0.3 is 15.0 Å². The van der Waals surface area contributed by atoms with Crippen LogP contribution in [0.3, 0.4) is 0 Å². The van der Waals surface area contributed by atoms with Crippen LogP contribution in [0.5, 0.6) is 0 Å². The van der Waals surface area contributed by atoms with Crippen molar-refractivity contribution in [3.8, 4) is 11.1 Å².